The molecule has 2 fully saturated rings. The number of nitrogens with zero attached hydrogens (tertiary/aromatic N) is 1. The maximum absolute atomic E-state index is 3.51. The van der Waals surface area contributed by atoms with Gasteiger partial charge < -0.3 is 5.32 Å². The van der Waals surface area contributed by atoms with E-state index < -0.39 is 0 Å². The number of likely N-dealkylation sites (tertiary alicyclic amines) is 1. The van der Waals surface area contributed by atoms with Crippen LogP contribution in [0.25, 0.3) is 0 Å². The zero-order chi connectivity index (χ0) is 10.9. The number of nitrogens with one attached hydrogen (secondary N) is 1. The van der Waals surface area contributed by atoms with Gasteiger partial charge in [0.25, 0.3) is 0 Å². The smallest absolute Gasteiger partial charge is 0.0254 e. The molecule has 2 rings (SSSR count). The summed E-state index contributed by atoms with van der Waals surface area (Å²) in [5.74, 6) is 0. The van der Waals surface area contributed by atoms with E-state index in [9.17, 15) is 0 Å². The van der Waals surface area contributed by atoms with Gasteiger partial charge in [0.2, 0.25) is 0 Å². The maximum Gasteiger partial charge on any atom is 0.0254 e. The van der Waals surface area contributed by atoms with Crippen molar-refractivity contribution < 1.29 is 0 Å². The Bertz CT molecular complexity index is 213. The Labute approximate surface area is 94.4 Å². The zero-order valence-corrected chi connectivity index (χ0v) is 10.6. The molecule has 15 heavy (non-hydrogen) atoms. The van der Waals surface area contributed by atoms with Gasteiger partial charge in [0, 0.05) is 17.6 Å². The zero-order valence-electron chi connectivity index (χ0n) is 10.6. The molecular formula is C13H26N2. The molecule has 2 heteroatoms. The van der Waals surface area contributed by atoms with Gasteiger partial charge in [-0.25, -0.2) is 0 Å². The molecule has 0 bridgehead atoms. The summed E-state index contributed by atoms with van der Waals surface area (Å²) in [6.45, 7) is 6.17. The summed E-state index contributed by atoms with van der Waals surface area (Å²) in [6.07, 6.45) is 8.36. The van der Waals surface area contributed by atoms with E-state index in [0.29, 0.717) is 5.54 Å². The number of piperidine rings is 1. The quantitative estimate of drug-likeness (QED) is 0.753. The number of likely N-dealkylation sites (N-methyl/N-ethyl adjacent to an activating group) is 1. The Balaban J connectivity index is 2.07. The molecule has 1 saturated heterocycles. The largest absolute Gasteiger partial charge is 0.315 e. The second-order valence-electron chi connectivity index (χ2n) is 5.86. The van der Waals surface area contributed by atoms with Crippen molar-refractivity contribution in [2.45, 2.75) is 70.0 Å². The van der Waals surface area contributed by atoms with Crippen LogP contribution in [0.2, 0.25) is 0 Å². The highest BCUT2D eigenvalue weighted by Crippen LogP contribution is 2.35. The van der Waals surface area contributed by atoms with Crippen LogP contribution in [-0.2, 0) is 0 Å². The summed E-state index contributed by atoms with van der Waals surface area (Å²) < 4.78 is 0. The molecule has 2 aliphatic rings. The molecule has 2 unspecified atom stereocenters. The molecule has 0 aromatic heterocycles. The van der Waals surface area contributed by atoms with Crippen LogP contribution in [0, 0.1) is 0 Å². The predicted molar refractivity (Wildman–Crippen MR) is 65.1 cm³/mol. The van der Waals surface area contributed by atoms with Gasteiger partial charge in [0.15, 0.2) is 0 Å². The van der Waals surface area contributed by atoms with E-state index in [0.717, 1.165) is 12.1 Å². The minimum Gasteiger partial charge on any atom is -0.315 e. The van der Waals surface area contributed by atoms with E-state index >= 15 is 0 Å². The summed E-state index contributed by atoms with van der Waals surface area (Å²) in [6, 6.07) is 1.53. The van der Waals surface area contributed by atoms with Crippen LogP contribution in [0.1, 0.15) is 52.4 Å². The number of rotatable bonds is 2. The average Bonchev–Trinajstić information content (AvgIpc) is 2.64. The monoisotopic (exact) mass is 210 g/mol. The first kappa shape index (κ1) is 11.4. The fraction of sp³-hybridized carbons (Fsp3) is 1.00. The first-order valence-corrected chi connectivity index (χ1v) is 6.59. The molecule has 0 aromatic rings. The van der Waals surface area contributed by atoms with Crippen LogP contribution in [-0.4, -0.2) is 36.1 Å². The van der Waals surface area contributed by atoms with Gasteiger partial charge in [-0.1, -0.05) is 12.8 Å². The first-order valence-electron chi connectivity index (χ1n) is 6.59. The lowest BCUT2D eigenvalue weighted by Gasteiger charge is -2.47. The van der Waals surface area contributed by atoms with Crippen LogP contribution >= 0.6 is 0 Å². The van der Waals surface area contributed by atoms with Gasteiger partial charge in [-0.15, -0.1) is 0 Å². The summed E-state index contributed by atoms with van der Waals surface area (Å²) in [4.78, 5) is 2.78. The topological polar surface area (TPSA) is 15.3 Å². The summed E-state index contributed by atoms with van der Waals surface area (Å²) >= 11 is 0. The standard InChI is InChI=1S/C13H26N2/c1-13(2)9-4-5-10-15(13)12-8-6-7-11(12)14-3/h11-12,14H,4-10H2,1-3H3. The third-order valence-electron chi connectivity index (χ3n) is 4.47. The van der Waals surface area contributed by atoms with Crippen LogP contribution in [0.5, 0.6) is 0 Å². The van der Waals surface area contributed by atoms with Gasteiger partial charge in [-0.05, 0) is 53.1 Å². The van der Waals surface area contributed by atoms with E-state index in [1.54, 1.807) is 0 Å². The SMILES string of the molecule is CNC1CCCC1N1CCCCC1(C)C. The Hall–Kier alpha value is -0.0800. The maximum atomic E-state index is 3.51. The highest BCUT2D eigenvalue weighted by Gasteiger charge is 2.39. The minimum absolute atomic E-state index is 0.433. The Morgan fingerprint density at radius 1 is 1.13 bits per heavy atom. The van der Waals surface area contributed by atoms with Crippen LogP contribution in [0.4, 0.5) is 0 Å². The molecule has 2 nitrogen and oxygen atoms in total. The number of hydrogen-bond donors (Lipinski definition) is 1. The van der Waals surface area contributed by atoms with Crippen molar-refractivity contribution in [3.05, 3.63) is 0 Å². The molecule has 0 spiro atoms. The van der Waals surface area contributed by atoms with Gasteiger partial charge in [-0.3, -0.25) is 4.90 Å². The van der Waals surface area contributed by atoms with Crippen molar-refractivity contribution in [1.29, 1.82) is 0 Å². The second-order valence-corrected chi connectivity index (χ2v) is 5.86. The Kier molecular flexibility index (Phi) is 3.36. The molecule has 1 heterocycles. The highest BCUT2D eigenvalue weighted by atomic mass is 15.2. The van der Waals surface area contributed by atoms with Crippen molar-refractivity contribution in [3.63, 3.8) is 0 Å². The lowest BCUT2D eigenvalue weighted by atomic mass is 9.88. The fourth-order valence-corrected chi connectivity index (χ4v) is 3.55. The third kappa shape index (κ3) is 2.21. The van der Waals surface area contributed by atoms with Crippen LogP contribution in [0.3, 0.4) is 0 Å². The van der Waals surface area contributed by atoms with Gasteiger partial charge >= 0.3 is 0 Å². The predicted octanol–water partition coefficient (Wildman–Crippen LogP) is 2.39. The van der Waals surface area contributed by atoms with Gasteiger partial charge in [0.1, 0.15) is 0 Å². The van der Waals surface area contributed by atoms with E-state index in [4.69, 9.17) is 0 Å². The number of hydrogen-bond acceptors (Lipinski definition) is 2. The van der Waals surface area contributed by atoms with Crippen molar-refractivity contribution in [3.8, 4) is 0 Å². The molecule has 1 aliphatic heterocycles. The lowest BCUT2D eigenvalue weighted by molar-refractivity contribution is 0.0258. The summed E-state index contributed by atoms with van der Waals surface area (Å²) in [5.41, 5.74) is 0.433. The summed E-state index contributed by atoms with van der Waals surface area (Å²) in [7, 11) is 2.12. The summed E-state index contributed by atoms with van der Waals surface area (Å²) in [5, 5.41) is 3.51. The van der Waals surface area contributed by atoms with E-state index in [1.165, 1.54) is 45.1 Å². The van der Waals surface area contributed by atoms with Gasteiger partial charge in [0.05, 0.1) is 0 Å². The van der Waals surface area contributed by atoms with Crippen LogP contribution in [0.15, 0.2) is 0 Å². The fourth-order valence-electron chi connectivity index (χ4n) is 3.55. The Morgan fingerprint density at radius 3 is 2.60 bits per heavy atom. The average molecular weight is 210 g/mol. The van der Waals surface area contributed by atoms with Crippen molar-refractivity contribution in [2.75, 3.05) is 13.6 Å². The molecule has 0 amide bonds. The second kappa shape index (κ2) is 4.42. The van der Waals surface area contributed by atoms with Crippen molar-refractivity contribution >= 4 is 0 Å². The minimum atomic E-state index is 0.433. The van der Waals surface area contributed by atoms with Crippen LogP contribution < -0.4 is 5.32 Å². The van der Waals surface area contributed by atoms with Gasteiger partial charge in [-0.2, -0.15) is 0 Å². The van der Waals surface area contributed by atoms with E-state index in [-0.39, 0.29) is 0 Å². The van der Waals surface area contributed by atoms with E-state index in [1.807, 2.05) is 0 Å². The van der Waals surface area contributed by atoms with Crippen molar-refractivity contribution in [1.82, 2.24) is 10.2 Å². The highest BCUT2D eigenvalue weighted by molar-refractivity contribution is 4.97. The molecule has 0 radical (unpaired) electrons. The normalized spacial score (nSPS) is 37.0. The third-order valence-corrected chi connectivity index (χ3v) is 4.47. The van der Waals surface area contributed by atoms with Crippen molar-refractivity contribution in [2.24, 2.45) is 0 Å². The molecule has 0 aromatic carbocycles. The van der Waals surface area contributed by atoms with E-state index in [2.05, 4.69) is 31.1 Å². The Morgan fingerprint density at radius 2 is 1.93 bits per heavy atom. The molecular weight excluding hydrogens is 184 g/mol. The molecule has 88 valence electrons. The first-order chi connectivity index (χ1) is 7.15. The lowest BCUT2D eigenvalue weighted by Crippen LogP contribution is -2.57. The molecule has 2 atom stereocenters. The molecule has 1 saturated carbocycles. The molecule has 1 N–H and O–H groups in total. The molecule has 1 aliphatic carbocycles.